The highest BCUT2D eigenvalue weighted by molar-refractivity contribution is 5.99. The maximum atomic E-state index is 12.4. The summed E-state index contributed by atoms with van der Waals surface area (Å²) in [4.78, 5) is 17.7. The van der Waals surface area contributed by atoms with Crippen molar-refractivity contribution in [2.75, 3.05) is 13.7 Å². The second kappa shape index (κ2) is 6.32. The Kier molecular flexibility index (Phi) is 4.23. The third-order valence-corrected chi connectivity index (χ3v) is 4.04. The number of amides is 1. The number of fused-ring (bicyclic) bond motifs is 1. The zero-order chi connectivity index (χ0) is 16.4. The molecule has 1 aliphatic heterocycles. The second-order valence-electron chi connectivity index (χ2n) is 5.57. The van der Waals surface area contributed by atoms with E-state index in [0.717, 1.165) is 29.5 Å². The van der Waals surface area contributed by atoms with Crippen LogP contribution in [0.2, 0.25) is 0 Å². The van der Waals surface area contributed by atoms with Gasteiger partial charge in [-0.05, 0) is 25.5 Å². The van der Waals surface area contributed by atoms with Gasteiger partial charge in [-0.15, -0.1) is 0 Å². The lowest BCUT2D eigenvalue weighted by atomic mass is 10.1. The van der Waals surface area contributed by atoms with Crippen molar-refractivity contribution >= 4 is 22.6 Å². The van der Waals surface area contributed by atoms with Crippen LogP contribution in [0.3, 0.4) is 0 Å². The molecule has 1 aromatic carbocycles. The molecule has 0 saturated heterocycles. The molecule has 0 fully saturated rings. The van der Waals surface area contributed by atoms with Crippen molar-refractivity contribution in [1.29, 1.82) is 0 Å². The Morgan fingerprint density at radius 3 is 3.00 bits per heavy atom. The van der Waals surface area contributed by atoms with E-state index in [0.29, 0.717) is 23.6 Å². The van der Waals surface area contributed by atoms with Crippen LogP contribution < -0.4 is 10.1 Å². The molecule has 23 heavy (non-hydrogen) atoms. The van der Waals surface area contributed by atoms with Crippen molar-refractivity contribution in [2.45, 2.75) is 32.8 Å². The Balaban J connectivity index is 1.70. The van der Waals surface area contributed by atoms with Crippen LogP contribution in [-0.2, 0) is 4.84 Å². The number of carbonyl (C=O) groups is 1. The lowest BCUT2D eigenvalue weighted by molar-refractivity contribution is 0.0740. The van der Waals surface area contributed by atoms with E-state index in [1.807, 2.05) is 26.0 Å². The number of hydrogen-bond donors (Lipinski definition) is 1. The molecule has 6 nitrogen and oxygen atoms in total. The van der Waals surface area contributed by atoms with Crippen molar-refractivity contribution < 1.29 is 18.8 Å². The van der Waals surface area contributed by atoms with Crippen molar-refractivity contribution in [2.24, 2.45) is 5.16 Å². The van der Waals surface area contributed by atoms with Crippen LogP contribution in [0.4, 0.5) is 0 Å². The minimum atomic E-state index is -0.244. The quantitative estimate of drug-likeness (QED) is 0.920. The highest BCUT2D eigenvalue weighted by Gasteiger charge is 2.23. The van der Waals surface area contributed by atoms with Gasteiger partial charge >= 0.3 is 0 Å². The van der Waals surface area contributed by atoms with E-state index < -0.39 is 0 Å². The van der Waals surface area contributed by atoms with Gasteiger partial charge in [0.15, 0.2) is 5.76 Å². The molecule has 3 rings (SSSR count). The van der Waals surface area contributed by atoms with Gasteiger partial charge in [0, 0.05) is 23.4 Å². The van der Waals surface area contributed by atoms with Gasteiger partial charge in [0.2, 0.25) is 0 Å². The topological polar surface area (TPSA) is 73.1 Å². The van der Waals surface area contributed by atoms with E-state index in [4.69, 9.17) is 14.0 Å². The third-order valence-electron chi connectivity index (χ3n) is 4.04. The molecule has 0 bridgehead atoms. The molecule has 1 N–H and O–H groups in total. The fourth-order valence-corrected chi connectivity index (χ4v) is 2.64. The van der Waals surface area contributed by atoms with Crippen LogP contribution in [0.25, 0.3) is 11.0 Å². The molecule has 1 amide bonds. The van der Waals surface area contributed by atoms with E-state index in [1.165, 1.54) is 0 Å². The summed E-state index contributed by atoms with van der Waals surface area (Å²) in [5.74, 6) is 0.774. The number of nitrogens with one attached hydrogen (secondary N) is 1. The third kappa shape index (κ3) is 3.02. The van der Waals surface area contributed by atoms with Gasteiger partial charge in [0.1, 0.15) is 17.4 Å². The summed E-state index contributed by atoms with van der Waals surface area (Å²) < 4.78 is 10.9. The van der Waals surface area contributed by atoms with Gasteiger partial charge in [-0.2, -0.15) is 0 Å². The molecule has 1 atom stereocenters. The standard InChI is InChI=1S/C17H20N2O4/c1-4-11-7-13(23-19-11)9-18-17(20)16-10(2)14-6-5-12(21-3)8-15(14)22-16/h5-6,8,13H,4,7,9H2,1-3H3,(H,18,20)/t13-/m0/s1. The average molecular weight is 316 g/mol. The molecular formula is C17H20N2O4. The average Bonchev–Trinajstić information content (AvgIpc) is 3.17. The first-order chi connectivity index (χ1) is 11.1. The summed E-state index contributed by atoms with van der Waals surface area (Å²) in [5, 5.41) is 7.75. The number of ether oxygens (including phenoxy) is 1. The first-order valence-electron chi connectivity index (χ1n) is 7.69. The number of furan rings is 1. The number of rotatable bonds is 5. The maximum absolute atomic E-state index is 12.4. The maximum Gasteiger partial charge on any atom is 0.287 e. The predicted octanol–water partition coefficient (Wildman–Crippen LogP) is 3.03. The molecule has 2 heterocycles. The van der Waals surface area contributed by atoms with E-state index >= 15 is 0 Å². The molecule has 1 aliphatic rings. The summed E-state index contributed by atoms with van der Waals surface area (Å²) in [6.45, 7) is 4.32. The molecule has 0 radical (unpaired) electrons. The molecule has 0 spiro atoms. The minimum absolute atomic E-state index is 0.0984. The van der Waals surface area contributed by atoms with Crippen LogP contribution >= 0.6 is 0 Å². The van der Waals surface area contributed by atoms with E-state index in [1.54, 1.807) is 13.2 Å². The summed E-state index contributed by atoms with van der Waals surface area (Å²) in [6, 6.07) is 5.52. The fraction of sp³-hybridized carbons (Fsp3) is 0.412. The molecule has 0 aliphatic carbocycles. The zero-order valence-electron chi connectivity index (χ0n) is 13.5. The van der Waals surface area contributed by atoms with Crippen LogP contribution in [0.15, 0.2) is 27.8 Å². The lowest BCUT2D eigenvalue weighted by Gasteiger charge is -2.09. The monoisotopic (exact) mass is 316 g/mol. The molecule has 122 valence electrons. The van der Waals surface area contributed by atoms with Crippen molar-refractivity contribution in [3.63, 3.8) is 0 Å². The van der Waals surface area contributed by atoms with E-state index in [2.05, 4.69) is 10.5 Å². The summed E-state index contributed by atoms with van der Waals surface area (Å²) >= 11 is 0. The number of carbonyl (C=O) groups excluding carboxylic acids is 1. The zero-order valence-corrected chi connectivity index (χ0v) is 13.5. The van der Waals surface area contributed by atoms with Gasteiger partial charge in [0.05, 0.1) is 19.4 Å². The van der Waals surface area contributed by atoms with Crippen LogP contribution in [-0.4, -0.2) is 31.4 Å². The van der Waals surface area contributed by atoms with Gasteiger partial charge in [-0.1, -0.05) is 12.1 Å². The molecular weight excluding hydrogens is 296 g/mol. The van der Waals surface area contributed by atoms with Crippen molar-refractivity contribution in [3.8, 4) is 5.75 Å². The van der Waals surface area contributed by atoms with Gasteiger partial charge in [-0.3, -0.25) is 4.79 Å². The number of nitrogens with zero attached hydrogens (tertiary/aromatic N) is 1. The Hall–Kier alpha value is -2.50. The predicted molar refractivity (Wildman–Crippen MR) is 87.1 cm³/mol. The Morgan fingerprint density at radius 1 is 1.48 bits per heavy atom. The number of aryl methyl sites for hydroxylation is 1. The Bertz CT molecular complexity index is 763. The largest absolute Gasteiger partial charge is 0.497 e. The number of oxime groups is 1. The number of hydrogen-bond acceptors (Lipinski definition) is 5. The number of methoxy groups -OCH3 is 1. The van der Waals surface area contributed by atoms with Gasteiger partial charge in [0.25, 0.3) is 5.91 Å². The lowest BCUT2D eigenvalue weighted by Crippen LogP contribution is -2.32. The first kappa shape index (κ1) is 15.4. The first-order valence-corrected chi connectivity index (χ1v) is 7.69. The molecule has 1 aromatic heterocycles. The van der Waals surface area contributed by atoms with Gasteiger partial charge < -0.3 is 19.3 Å². The summed E-state index contributed by atoms with van der Waals surface area (Å²) in [7, 11) is 1.60. The van der Waals surface area contributed by atoms with Crippen LogP contribution in [0, 0.1) is 6.92 Å². The SMILES string of the molecule is CCC1=NO[C@H](CNC(=O)c2oc3cc(OC)ccc3c2C)C1. The summed E-state index contributed by atoms with van der Waals surface area (Å²) in [6.07, 6.45) is 1.53. The second-order valence-corrected chi connectivity index (χ2v) is 5.57. The molecule has 0 unspecified atom stereocenters. The van der Waals surface area contributed by atoms with Crippen molar-refractivity contribution in [1.82, 2.24) is 5.32 Å². The highest BCUT2D eigenvalue weighted by atomic mass is 16.6. The van der Waals surface area contributed by atoms with Crippen LogP contribution in [0.5, 0.6) is 5.75 Å². The summed E-state index contributed by atoms with van der Waals surface area (Å²) in [5.41, 5.74) is 2.48. The van der Waals surface area contributed by atoms with E-state index in [-0.39, 0.29) is 12.0 Å². The highest BCUT2D eigenvalue weighted by Crippen LogP contribution is 2.28. The smallest absolute Gasteiger partial charge is 0.287 e. The normalized spacial score (nSPS) is 17.0. The Labute approximate surface area is 134 Å². The minimum Gasteiger partial charge on any atom is -0.497 e. The fourth-order valence-electron chi connectivity index (χ4n) is 2.64. The molecule has 6 heteroatoms. The van der Waals surface area contributed by atoms with Crippen molar-refractivity contribution in [3.05, 3.63) is 29.5 Å². The number of benzene rings is 1. The molecule has 2 aromatic rings. The molecule has 0 saturated carbocycles. The Morgan fingerprint density at radius 2 is 2.30 bits per heavy atom. The van der Waals surface area contributed by atoms with Crippen LogP contribution in [0.1, 0.15) is 35.9 Å². The van der Waals surface area contributed by atoms with Gasteiger partial charge in [-0.25, -0.2) is 0 Å². The van der Waals surface area contributed by atoms with E-state index in [9.17, 15) is 4.79 Å².